The van der Waals surface area contributed by atoms with E-state index < -0.39 is 5.41 Å². The quantitative estimate of drug-likeness (QED) is 0.437. The molecule has 0 saturated carbocycles. The minimum absolute atomic E-state index is 0.471. The molecule has 0 bridgehead atoms. The number of hydrogen-bond acceptors (Lipinski definition) is 3. The Morgan fingerprint density at radius 3 is 1.59 bits per heavy atom. The molecule has 3 aromatic carbocycles. The first kappa shape index (κ1) is 17.2. The lowest BCUT2D eigenvalue weighted by Crippen LogP contribution is -2.33. The normalized spacial score (nSPS) is 11.6. The summed E-state index contributed by atoms with van der Waals surface area (Å²) in [5.74, 6) is 1.12. The number of aromatic amines is 1. The summed E-state index contributed by atoms with van der Waals surface area (Å²) in [5.41, 5.74) is 9.66. The summed E-state index contributed by atoms with van der Waals surface area (Å²) in [5, 5.41) is 0.830. The van der Waals surface area contributed by atoms with Crippen molar-refractivity contribution in [1.82, 2.24) is 15.0 Å². The van der Waals surface area contributed by atoms with E-state index in [1.165, 1.54) is 0 Å². The van der Waals surface area contributed by atoms with Crippen molar-refractivity contribution in [2.24, 2.45) is 0 Å². The van der Waals surface area contributed by atoms with Crippen molar-refractivity contribution in [3.8, 4) is 0 Å². The first-order chi connectivity index (χ1) is 14.3. The standard InChI is InChI=1S/C25H20N4/c26-22-21-16-17-27-23(21)29-24(28-22)25(18-10-4-1-5-11-18,19-12-6-2-7-13-19)20-14-8-3-9-15-20/h1-17H,(H3,26,27,28,29). The number of fused-ring (bicyclic) bond motifs is 1. The van der Waals surface area contributed by atoms with Crippen molar-refractivity contribution >= 4 is 16.9 Å². The second-order valence-electron chi connectivity index (χ2n) is 7.02. The van der Waals surface area contributed by atoms with Crippen LogP contribution in [-0.4, -0.2) is 15.0 Å². The van der Waals surface area contributed by atoms with Gasteiger partial charge in [-0.1, -0.05) is 91.0 Å². The number of nitrogen functional groups attached to an aromatic ring is 1. The molecule has 140 valence electrons. The van der Waals surface area contributed by atoms with Gasteiger partial charge in [0, 0.05) is 6.20 Å². The molecular formula is C25H20N4. The van der Waals surface area contributed by atoms with Crippen LogP contribution in [0.1, 0.15) is 22.5 Å². The van der Waals surface area contributed by atoms with Crippen LogP contribution < -0.4 is 5.73 Å². The molecule has 0 radical (unpaired) electrons. The van der Waals surface area contributed by atoms with Crippen molar-refractivity contribution in [1.29, 1.82) is 0 Å². The van der Waals surface area contributed by atoms with E-state index in [1.807, 2.05) is 66.9 Å². The largest absolute Gasteiger partial charge is 0.383 e. The number of H-pyrrole nitrogens is 1. The zero-order valence-electron chi connectivity index (χ0n) is 15.8. The zero-order chi connectivity index (χ0) is 19.7. The van der Waals surface area contributed by atoms with Gasteiger partial charge in [0.2, 0.25) is 0 Å². The van der Waals surface area contributed by atoms with Gasteiger partial charge in [0.15, 0.2) is 5.82 Å². The van der Waals surface area contributed by atoms with Crippen molar-refractivity contribution in [2.75, 3.05) is 5.73 Å². The van der Waals surface area contributed by atoms with Crippen LogP contribution in [-0.2, 0) is 5.41 Å². The summed E-state index contributed by atoms with van der Waals surface area (Å²) in [6.45, 7) is 0. The Morgan fingerprint density at radius 2 is 1.10 bits per heavy atom. The minimum Gasteiger partial charge on any atom is -0.383 e. The highest BCUT2D eigenvalue weighted by Crippen LogP contribution is 2.44. The van der Waals surface area contributed by atoms with Crippen LogP contribution in [0.25, 0.3) is 11.0 Å². The second-order valence-corrected chi connectivity index (χ2v) is 7.02. The number of hydrogen-bond donors (Lipinski definition) is 2. The van der Waals surface area contributed by atoms with Crippen LogP contribution in [0.15, 0.2) is 103 Å². The van der Waals surface area contributed by atoms with E-state index in [-0.39, 0.29) is 0 Å². The Balaban J connectivity index is 1.94. The van der Waals surface area contributed by atoms with Crippen LogP contribution in [0.3, 0.4) is 0 Å². The summed E-state index contributed by atoms with van der Waals surface area (Å²) in [7, 11) is 0. The lowest BCUT2D eigenvalue weighted by Gasteiger charge is -2.34. The number of benzene rings is 3. The molecule has 0 aliphatic carbocycles. The molecule has 0 aliphatic heterocycles. The summed E-state index contributed by atoms with van der Waals surface area (Å²) in [4.78, 5) is 13.0. The molecule has 0 fully saturated rings. The van der Waals surface area contributed by atoms with Crippen LogP contribution in [0.5, 0.6) is 0 Å². The topological polar surface area (TPSA) is 67.6 Å². The van der Waals surface area contributed by atoms with Gasteiger partial charge in [-0.15, -0.1) is 0 Å². The third-order valence-corrected chi connectivity index (χ3v) is 5.40. The van der Waals surface area contributed by atoms with Gasteiger partial charge in [-0.05, 0) is 22.8 Å². The van der Waals surface area contributed by atoms with Crippen LogP contribution in [0.4, 0.5) is 5.82 Å². The third kappa shape index (κ3) is 2.69. The van der Waals surface area contributed by atoms with Crippen LogP contribution in [0, 0.1) is 0 Å². The van der Waals surface area contributed by atoms with Gasteiger partial charge < -0.3 is 10.7 Å². The number of anilines is 1. The molecule has 0 saturated heterocycles. The van der Waals surface area contributed by atoms with E-state index >= 15 is 0 Å². The maximum Gasteiger partial charge on any atom is 0.152 e. The fourth-order valence-electron chi connectivity index (χ4n) is 4.08. The van der Waals surface area contributed by atoms with Crippen LogP contribution in [0.2, 0.25) is 0 Å². The van der Waals surface area contributed by atoms with Gasteiger partial charge in [-0.25, -0.2) is 9.97 Å². The van der Waals surface area contributed by atoms with Crippen molar-refractivity contribution in [3.05, 3.63) is 126 Å². The van der Waals surface area contributed by atoms with Crippen molar-refractivity contribution in [3.63, 3.8) is 0 Å². The number of nitrogens with one attached hydrogen (secondary N) is 1. The maximum absolute atomic E-state index is 6.36. The molecule has 4 heteroatoms. The minimum atomic E-state index is -0.697. The highest BCUT2D eigenvalue weighted by molar-refractivity contribution is 5.86. The van der Waals surface area contributed by atoms with Gasteiger partial charge in [0.25, 0.3) is 0 Å². The molecule has 3 N–H and O–H groups in total. The van der Waals surface area contributed by atoms with Crippen molar-refractivity contribution < 1.29 is 0 Å². The highest BCUT2D eigenvalue weighted by atomic mass is 15.0. The maximum atomic E-state index is 6.36. The average Bonchev–Trinajstić information content (AvgIpc) is 3.26. The number of rotatable bonds is 4. The van der Waals surface area contributed by atoms with Crippen LogP contribution >= 0.6 is 0 Å². The number of aromatic nitrogens is 3. The molecular weight excluding hydrogens is 356 g/mol. The third-order valence-electron chi connectivity index (χ3n) is 5.40. The molecule has 0 amide bonds. The summed E-state index contributed by atoms with van der Waals surface area (Å²) in [6.07, 6.45) is 1.84. The lowest BCUT2D eigenvalue weighted by atomic mass is 9.68. The smallest absolute Gasteiger partial charge is 0.152 e. The van der Waals surface area contributed by atoms with E-state index in [2.05, 4.69) is 41.4 Å². The molecule has 5 aromatic rings. The average molecular weight is 376 g/mol. The summed E-state index contributed by atoms with van der Waals surface area (Å²) < 4.78 is 0. The molecule has 0 unspecified atom stereocenters. The van der Waals surface area contributed by atoms with E-state index in [0.29, 0.717) is 11.6 Å². The zero-order valence-corrected chi connectivity index (χ0v) is 15.8. The van der Waals surface area contributed by atoms with Gasteiger partial charge in [0.1, 0.15) is 16.9 Å². The molecule has 4 nitrogen and oxygen atoms in total. The number of nitrogens with two attached hydrogens (primary N) is 1. The molecule has 0 aliphatic rings. The predicted octanol–water partition coefficient (Wildman–Crippen LogP) is 4.92. The molecule has 29 heavy (non-hydrogen) atoms. The Kier molecular flexibility index (Phi) is 4.10. The van der Waals surface area contributed by atoms with E-state index in [9.17, 15) is 0 Å². The first-order valence-corrected chi connectivity index (χ1v) is 9.58. The van der Waals surface area contributed by atoms with E-state index in [4.69, 9.17) is 15.7 Å². The van der Waals surface area contributed by atoms with Crippen molar-refractivity contribution in [2.45, 2.75) is 5.41 Å². The predicted molar refractivity (Wildman–Crippen MR) is 117 cm³/mol. The molecule has 2 aromatic heterocycles. The molecule has 0 atom stereocenters. The van der Waals surface area contributed by atoms with E-state index in [1.54, 1.807) is 0 Å². The summed E-state index contributed by atoms with van der Waals surface area (Å²) >= 11 is 0. The first-order valence-electron chi connectivity index (χ1n) is 9.58. The SMILES string of the molecule is Nc1nc(C(c2ccccc2)(c2ccccc2)c2ccccc2)nc2[nH]ccc12. The van der Waals surface area contributed by atoms with Gasteiger partial charge >= 0.3 is 0 Å². The Morgan fingerprint density at radius 1 is 0.621 bits per heavy atom. The summed E-state index contributed by atoms with van der Waals surface area (Å²) in [6, 6.07) is 33.0. The number of nitrogens with zero attached hydrogens (tertiary/aromatic N) is 2. The van der Waals surface area contributed by atoms with E-state index in [0.717, 1.165) is 27.7 Å². The Bertz CT molecular complexity index is 1150. The van der Waals surface area contributed by atoms with Gasteiger partial charge in [-0.2, -0.15) is 0 Å². The van der Waals surface area contributed by atoms with Gasteiger partial charge in [-0.3, -0.25) is 0 Å². The second kappa shape index (κ2) is 6.91. The monoisotopic (exact) mass is 376 g/mol. The molecule has 5 rings (SSSR count). The molecule has 2 heterocycles. The fourth-order valence-corrected chi connectivity index (χ4v) is 4.08. The Hall–Kier alpha value is -3.92. The molecule has 0 spiro atoms. The highest BCUT2D eigenvalue weighted by Gasteiger charge is 2.41. The lowest BCUT2D eigenvalue weighted by molar-refractivity contribution is 0.686. The Labute approximate surface area is 169 Å². The fraction of sp³-hybridized carbons (Fsp3) is 0.0400. The van der Waals surface area contributed by atoms with Gasteiger partial charge in [0.05, 0.1) is 5.39 Å².